The zero-order chi connectivity index (χ0) is 11.7. The minimum atomic E-state index is -0.542. The molecule has 2 aliphatic rings. The number of rotatable bonds is 3. The van der Waals surface area contributed by atoms with Gasteiger partial charge in [-0.25, -0.2) is 0 Å². The Hall–Kier alpha value is -0.900. The van der Waals surface area contributed by atoms with Crippen molar-refractivity contribution in [3.05, 3.63) is 35.9 Å². The minimum Gasteiger partial charge on any atom is -0.373 e. The largest absolute Gasteiger partial charge is 0.373 e. The van der Waals surface area contributed by atoms with Crippen LogP contribution in [-0.4, -0.2) is 23.6 Å². The van der Waals surface area contributed by atoms with Gasteiger partial charge in [-0.1, -0.05) is 30.3 Å². The van der Waals surface area contributed by atoms with Gasteiger partial charge in [-0.2, -0.15) is 0 Å². The molecule has 3 nitrogen and oxygen atoms in total. The van der Waals surface area contributed by atoms with Gasteiger partial charge >= 0.3 is 0 Å². The lowest BCUT2D eigenvalue weighted by Gasteiger charge is -2.13. The van der Waals surface area contributed by atoms with Crippen LogP contribution in [0, 0.1) is 5.92 Å². The van der Waals surface area contributed by atoms with E-state index in [2.05, 4.69) is 12.1 Å². The summed E-state index contributed by atoms with van der Waals surface area (Å²) in [5.74, 6) is 0.491. The Balaban J connectivity index is 1.49. The van der Waals surface area contributed by atoms with Crippen molar-refractivity contribution in [2.75, 3.05) is 0 Å². The van der Waals surface area contributed by atoms with Gasteiger partial charge in [0.05, 0.1) is 18.8 Å². The van der Waals surface area contributed by atoms with Gasteiger partial charge in [-0.05, 0) is 17.9 Å². The van der Waals surface area contributed by atoms with Crippen molar-refractivity contribution in [3.8, 4) is 0 Å². The molecule has 1 saturated heterocycles. The molecule has 0 bridgehead atoms. The van der Waals surface area contributed by atoms with Crippen molar-refractivity contribution < 1.29 is 14.6 Å². The Kier molecular flexibility index (Phi) is 3.14. The quantitative estimate of drug-likeness (QED) is 0.870. The van der Waals surface area contributed by atoms with Crippen LogP contribution in [0.3, 0.4) is 0 Å². The molecule has 1 aliphatic carbocycles. The molecule has 0 radical (unpaired) electrons. The highest BCUT2D eigenvalue weighted by molar-refractivity contribution is 5.13. The van der Waals surface area contributed by atoms with Crippen molar-refractivity contribution in [3.63, 3.8) is 0 Å². The lowest BCUT2D eigenvalue weighted by molar-refractivity contribution is -0.0982. The van der Waals surface area contributed by atoms with Crippen LogP contribution in [0.1, 0.15) is 24.8 Å². The van der Waals surface area contributed by atoms with Crippen molar-refractivity contribution in [1.82, 2.24) is 0 Å². The average molecular weight is 234 g/mol. The van der Waals surface area contributed by atoms with Crippen molar-refractivity contribution in [2.45, 2.75) is 44.4 Å². The van der Waals surface area contributed by atoms with Crippen LogP contribution < -0.4 is 0 Å². The third kappa shape index (κ3) is 2.51. The number of benzene rings is 1. The normalized spacial score (nSPS) is 36.1. The first-order chi connectivity index (χ1) is 8.31. The topological polar surface area (TPSA) is 38.7 Å². The van der Waals surface area contributed by atoms with Crippen LogP contribution >= 0.6 is 0 Å². The molecule has 1 heterocycles. The summed E-state index contributed by atoms with van der Waals surface area (Å²) < 4.78 is 11.3. The summed E-state index contributed by atoms with van der Waals surface area (Å²) in [5, 5.41) is 9.37. The fourth-order valence-electron chi connectivity index (χ4n) is 2.89. The Morgan fingerprint density at radius 1 is 1.18 bits per heavy atom. The zero-order valence-electron chi connectivity index (χ0n) is 9.79. The molecule has 1 aromatic rings. The Morgan fingerprint density at radius 3 is 2.76 bits per heavy atom. The van der Waals surface area contributed by atoms with E-state index in [0.29, 0.717) is 12.5 Å². The first kappa shape index (κ1) is 11.2. The maximum absolute atomic E-state index is 9.37. The van der Waals surface area contributed by atoms with Gasteiger partial charge in [-0.15, -0.1) is 0 Å². The summed E-state index contributed by atoms with van der Waals surface area (Å²) in [6.45, 7) is 0.674. The molecular formula is C14H18O3. The predicted octanol–water partition coefficient (Wildman–Crippen LogP) is 2.09. The third-order valence-corrected chi connectivity index (χ3v) is 3.75. The molecule has 1 aliphatic heterocycles. The van der Waals surface area contributed by atoms with E-state index in [1.54, 1.807) is 0 Å². The van der Waals surface area contributed by atoms with E-state index in [-0.39, 0.29) is 12.2 Å². The van der Waals surface area contributed by atoms with E-state index >= 15 is 0 Å². The molecule has 1 saturated carbocycles. The average Bonchev–Trinajstić information content (AvgIpc) is 2.84. The minimum absolute atomic E-state index is 0.214. The lowest BCUT2D eigenvalue weighted by atomic mass is 10.0. The van der Waals surface area contributed by atoms with Gasteiger partial charge in [0.2, 0.25) is 0 Å². The molecule has 1 N–H and O–H groups in total. The fraction of sp³-hybridized carbons (Fsp3) is 0.571. The van der Waals surface area contributed by atoms with Crippen LogP contribution in [0.4, 0.5) is 0 Å². The molecule has 2 fully saturated rings. The predicted molar refractivity (Wildman–Crippen MR) is 63.2 cm³/mol. The Labute approximate surface area is 101 Å². The summed E-state index contributed by atoms with van der Waals surface area (Å²) in [6, 6.07) is 10.2. The third-order valence-electron chi connectivity index (χ3n) is 3.75. The Morgan fingerprint density at radius 2 is 2.00 bits per heavy atom. The van der Waals surface area contributed by atoms with Crippen molar-refractivity contribution >= 4 is 0 Å². The van der Waals surface area contributed by atoms with E-state index in [0.717, 1.165) is 19.3 Å². The number of aliphatic hydroxyl groups excluding tert-OH is 1. The molecule has 0 aromatic heterocycles. The van der Waals surface area contributed by atoms with Crippen LogP contribution in [0.2, 0.25) is 0 Å². The fourth-order valence-corrected chi connectivity index (χ4v) is 2.89. The Bertz CT molecular complexity index is 351. The molecular weight excluding hydrogens is 216 g/mol. The molecule has 17 heavy (non-hydrogen) atoms. The summed E-state index contributed by atoms with van der Waals surface area (Å²) in [7, 11) is 0. The van der Waals surface area contributed by atoms with Gasteiger partial charge in [-0.3, -0.25) is 0 Å². The van der Waals surface area contributed by atoms with Gasteiger partial charge in [0, 0.05) is 12.8 Å². The SMILES string of the molecule is OC1CC2CC(OCc3ccccc3)CC2O1. The molecule has 3 heteroatoms. The highest BCUT2D eigenvalue weighted by atomic mass is 16.6. The number of fused-ring (bicyclic) bond motifs is 1. The lowest BCUT2D eigenvalue weighted by Crippen LogP contribution is -2.15. The molecule has 0 spiro atoms. The van der Waals surface area contributed by atoms with Crippen molar-refractivity contribution in [2.24, 2.45) is 5.92 Å². The highest BCUT2D eigenvalue weighted by Crippen LogP contribution is 2.39. The van der Waals surface area contributed by atoms with Crippen LogP contribution in [-0.2, 0) is 16.1 Å². The van der Waals surface area contributed by atoms with E-state index < -0.39 is 6.29 Å². The highest BCUT2D eigenvalue weighted by Gasteiger charge is 2.42. The summed E-state index contributed by atoms with van der Waals surface area (Å²) >= 11 is 0. The van der Waals surface area contributed by atoms with E-state index in [4.69, 9.17) is 9.47 Å². The maximum Gasteiger partial charge on any atom is 0.155 e. The van der Waals surface area contributed by atoms with Crippen LogP contribution in [0.5, 0.6) is 0 Å². The van der Waals surface area contributed by atoms with Crippen LogP contribution in [0.15, 0.2) is 30.3 Å². The van der Waals surface area contributed by atoms with Gasteiger partial charge < -0.3 is 14.6 Å². The summed E-state index contributed by atoms with van der Waals surface area (Å²) in [5.41, 5.74) is 1.21. The number of ether oxygens (including phenoxy) is 2. The number of aliphatic hydroxyl groups is 1. The molecule has 92 valence electrons. The maximum atomic E-state index is 9.37. The number of hydrogen-bond acceptors (Lipinski definition) is 3. The second-order valence-electron chi connectivity index (χ2n) is 5.01. The van der Waals surface area contributed by atoms with E-state index in [1.807, 2.05) is 18.2 Å². The smallest absolute Gasteiger partial charge is 0.155 e. The van der Waals surface area contributed by atoms with E-state index in [9.17, 15) is 5.11 Å². The van der Waals surface area contributed by atoms with Crippen LogP contribution in [0.25, 0.3) is 0 Å². The monoisotopic (exact) mass is 234 g/mol. The second kappa shape index (κ2) is 4.77. The van der Waals surface area contributed by atoms with Gasteiger partial charge in [0.25, 0.3) is 0 Å². The van der Waals surface area contributed by atoms with Crippen molar-refractivity contribution in [1.29, 1.82) is 0 Å². The first-order valence-electron chi connectivity index (χ1n) is 6.30. The number of hydrogen-bond donors (Lipinski definition) is 1. The van der Waals surface area contributed by atoms with Gasteiger partial charge in [0.1, 0.15) is 0 Å². The molecule has 4 atom stereocenters. The zero-order valence-corrected chi connectivity index (χ0v) is 9.79. The standard InChI is InChI=1S/C14H18O3/c15-14-7-11-6-12(8-13(11)17-14)16-9-10-4-2-1-3-5-10/h1-5,11-15H,6-9H2. The molecule has 1 aromatic carbocycles. The summed E-state index contributed by atoms with van der Waals surface area (Å²) in [4.78, 5) is 0. The van der Waals surface area contributed by atoms with E-state index in [1.165, 1.54) is 5.56 Å². The molecule has 4 unspecified atom stereocenters. The summed E-state index contributed by atoms with van der Waals surface area (Å²) in [6.07, 6.45) is 2.68. The second-order valence-corrected chi connectivity index (χ2v) is 5.01. The molecule has 0 amide bonds. The van der Waals surface area contributed by atoms with Gasteiger partial charge in [0.15, 0.2) is 6.29 Å². The molecule has 3 rings (SSSR count). The first-order valence-corrected chi connectivity index (χ1v) is 6.30.